The summed E-state index contributed by atoms with van der Waals surface area (Å²) in [5.74, 6) is 0. The minimum Gasteiger partial charge on any atom is -0.381 e. The van der Waals surface area contributed by atoms with Gasteiger partial charge in [-0.25, -0.2) is 0 Å². The van der Waals surface area contributed by atoms with Gasteiger partial charge >= 0.3 is 0 Å². The van der Waals surface area contributed by atoms with Crippen molar-refractivity contribution in [2.24, 2.45) is 0 Å². The molecule has 11 heavy (non-hydrogen) atoms. The second-order valence-corrected chi connectivity index (χ2v) is 3.06. The number of methoxy groups -OCH3 is 1. The topological polar surface area (TPSA) is 21.3 Å². The highest BCUT2D eigenvalue weighted by molar-refractivity contribution is 4.86. The average Bonchev–Trinajstić information content (AvgIpc) is 1.94. The summed E-state index contributed by atoms with van der Waals surface area (Å²) in [6, 6.07) is 0.694. The Balaban J connectivity index is 1.91. The van der Waals surface area contributed by atoms with Gasteiger partial charge in [0.1, 0.15) is 0 Å². The van der Waals surface area contributed by atoms with Crippen molar-refractivity contribution < 1.29 is 4.74 Å². The van der Waals surface area contributed by atoms with Gasteiger partial charge in [-0.1, -0.05) is 6.08 Å². The summed E-state index contributed by atoms with van der Waals surface area (Å²) in [5, 5.41) is 3.43. The Morgan fingerprint density at radius 1 is 1.64 bits per heavy atom. The first-order valence-electron chi connectivity index (χ1n) is 4.24. The van der Waals surface area contributed by atoms with E-state index in [0.717, 1.165) is 13.0 Å². The number of hydrogen-bond acceptors (Lipinski definition) is 2. The van der Waals surface area contributed by atoms with E-state index >= 15 is 0 Å². The van der Waals surface area contributed by atoms with Crippen molar-refractivity contribution in [3.63, 3.8) is 0 Å². The Labute approximate surface area is 68.6 Å². The van der Waals surface area contributed by atoms with Gasteiger partial charge < -0.3 is 10.1 Å². The van der Waals surface area contributed by atoms with E-state index in [4.69, 9.17) is 4.74 Å². The lowest BCUT2D eigenvalue weighted by atomic mass is 9.89. The van der Waals surface area contributed by atoms with Crippen LogP contribution in [0.3, 0.4) is 0 Å². The maximum atomic E-state index is 5.16. The summed E-state index contributed by atoms with van der Waals surface area (Å²) < 4.78 is 5.16. The van der Waals surface area contributed by atoms with Gasteiger partial charge in [-0.05, 0) is 25.8 Å². The highest BCUT2D eigenvalue weighted by atomic mass is 16.5. The zero-order chi connectivity index (χ0) is 8.10. The molecular formula is C9H17NO. The zero-order valence-corrected chi connectivity index (χ0v) is 7.18. The molecule has 0 bridgehead atoms. The molecule has 0 aromatic heterocycles. The third-order valence-corrected chi connectivity index (χ3v) is 2.21. The molecule has 0 spiro atoms. The Bertz CT molecular complexity index is 119. The van der Waals surface area contributed by atoms with E-state index < -0.39 is 0 Å². The maximum absolute atomic E-state index is 5.16. The van der Waals surface area contributed by atoms with E-state index in [1.165, 1.54) is 12.8 Å². The molecule has 1 rings (SSSR count). The third kappa shape index (κ3) is 2.64. The van der Waals surface area contributed by atoms with Gasteiger partial charge in [0.05, 0.1) is 6.10 Å². The van der Waals surface area contributed by atoms with Gasteiger partial charge in [-0.15, -0.1) is 6.58 Å². The van der Waals surface area contributed by atoms with E-state index in [2.05, 4.69) is 11.9 Å². The SMILES string of the molecule is C=CCCNC1CC(OC)C1. The molecule has 0 aliphatic heterocycles. The molecule has 1 aliphatic carbocycles. The molecule has 0 radical (unpaired) electrons. The first-order chi connectivity index (χ1) is 5.36. The first-order valence-corrected chi connectivity index (χ1v) is 4.24. The van der Waals surface area contributed by atoms with Crippen LogP contribution in [0.5, 0.6) is 0 Å². The Kier molecular flexibility index (Phi) is 3.60. The van der Waals surface area contributed by atoms with Gasteiger partial charge in [0.25, 0.3) is 0 Å². The average molecular weight is 155 g/mol. The van der Waals surface area contributed by atoms with Crippen LogP contribution in [0, 0.1) is 0 Å². The molecule has 0 amide bonds. The molecule has 0 unspecified atom stereocenters. The predicted molar refractivity (Wildman–Crippen MR) is 46.6 cm³/mol. The largest absolute Gasteiger partial charge is 0.381 e. The van der Waals surface area contributed by atoms with Crippen LogP contribution < -0.4 is 5.32 Å². The molecular weight excluding hydrogens is 138 g/mol. The smallest absolute Gasteiger partial charge is 0.0601 e. The lowest BCUT2D eigenvalue weighted by Crippen LogP contribution is -2.45. The maximum Gasteiger partial charge on any atom is 0.0601 e. The van der Waals surface area contributed by atoms with Crippen LogP contribution in [0.15, 0.2) is 12.7 Å². The van der Waals surface area contributed by atoms with Gasteiger partial charge in [0.15, 0.2) is 0 Å². The van der Waals surface area contributed by atoms with Gasteiger partial charge in [0.2, 0.25) is 0 Å². The van der Waals surface area contributed by atoms with Crippen molar-refractivity contribution in [2.45, 2.75) is 31.4 Å². The number of rotatable bonds is 5. The molecule has 0 saturated heterocycles. The highest BCUT2D eigenvalue weighted by Crippen LogP contribution is 2.22. The van der Waals surface area contributed by atoms with Crippen molar-refractivity contribution in [2.75, 3.05) is 13.7 Å². The van der Waals surface area contributed by atoms with Crippen LogP contribution in [0.1, 0.15) is 19.3 Å². The van der Waals surface area contributed by atoms with E-state index in [9.17, 15) is 0 Å². The van der Waals surface area contributed by atoms with Crippen LogP contribution in [-0.2, 0) is 4.74 Å². The molecule has 1 aliphatic rings. The van der Waals surface area contributed by atoms with Gasteiger partial charge in [0, 0.05) is 13.2 Å². The number of nitrogens with one attached hydrogen (secondary N) is 1. The minimum absolute atomic E-state index is 0.510. The van der Waals surface area contributed by atoms with Gasteiger partial charge in [-0.3, -0.25) is 0 Å². The highest BCUT2D eigenvalue weighted by Gasteiger charge is 2.27. The number of ether oxygens (including phenoxy) is 1. The van der Waals surface area contributed by atoms with Crippen molar-refractivity contribution >= 4 is 0 Å². The second kappa shape index (κ2) is 4.52. The molecule has 2 heteroatoms. The first kappa shape index (κ1) is 8.75. The quantitative estimate of drug-likeness (QED) is 0.477. The van der Waals surface area contributed by atoms with Crippen molar-refractivity contribution in [3.8, 4) is 0 Å². The summed E-state index contributed by atoms with van der Waals surface area (Å²) in [5.41, 5.74) is 0. The summed E-state index contributed by atoms with van der Waals surface area (Å²) in [4.78, 5) is 0. The summed E-state index contributed by atoms with van der Waals surface area (Å²) in [6.45, 7) is 4.73. The fraction of sp³-hybridized carbons (Fsp3) is 0.778. The van der Waals surface area contributed by atoms with E-state index in [1.807, 2.05) is 6.08 Å². The van der Waals surface area contributed by atoms with Crippen LogP contribution >= 0.6 is 0 Å². The molecule has 1 saturated carbocycles. The molecule has 1 fully saturated rings. The van der Waals surface area contributed by atoms with E-state index in [1.54, 1.807) is 7.11 Å². The fourth-order valence-corrected chi connectivity index (χ4v) is 1.31. The summed E-state index contributed by atoms with van der Waals surface area (Å²) >= 11 is 0. The lowest BCUT2D eigenvalue weighted by Gasteiger charge is -2.34. The second-order valence-electron chi connectivity index (χ2n) is 3.06. The Hall–Kier alpha value is -0.340. The van der Waals surface area contributed by atoms with E-state index in [0.29, 0.717) is 12.1 Å². The van der Waals surface area contributed by atoms with Gasteiger partial charge in [-0.2, -0.15) is 0 Å². The normalized spacial score (nSPS) is 29.5. The monoisotopic (exact) mass is 155 g/mol. The van der Waals surface area contributed by atoms with Crippen molar-refractivity contribution in [3.05, 3.63) is 12.7 Å². The Morgan fingerprint density at radius 2 is 2.36 bits per heavy atom. The third-order valence-electron chi connectivity index (χ3n) is 2.21. The standard InChI is InChI=1S/C9H17NO/c1-3-4-5-10-8-6-9(7-8)11-2/h3,8-10H,1,4-7H2,2H3. The van der Waals surface area contributed by atoms with Crippen molar-refractivity contribution in [1.29, 1.82) is 0 Å². The number of hydrogen-bond donors (Lipinski definition) is 1. The predicted octanol–water partition coefficient (Wildman–Crippen LogP) is 1.33. The van der Waals surface area contributed by atoms with Crippen LogP contribution in [0.4, 0.5) is 0 Å². The molecule has 0 aromatic carbocycles. The van der Waals surface area contributed by atoms with E-state index in [-0.39, 0.29) is 0 Å². The molecule has 64 valence electrons. The lowest BCUT2D eigenvalue weighted by molar-refractivity contribution is 0.0177. The molecule has 0 aromatic rings. The summed E-state index contributed by atoms with van der Waals surface area (Å²) in [7, 11) is 1.78. The zero-order valence-electron chi connectivity index (χ0n) is 7.18. The molecule has 1 N–H and O–H groups in total. The minimum atomic E-state index is 0.510. The van der Waals surface area contributed by atoms with Crippen LogP contribution in [0.25, 0.3) is 0 Å². The fourth-order valence-electron chi connectivity index (χ4n) is 1.31. The molecule has 0 atom stereocenters. The Morgan fingerprint density at radius 3 is 2.91 bits per heavy atom. The molecule has 2 nitrogen and oxygen atoms in total. The van der Waals surface area contributed by atoms with Crippen molar-refractivity contribution in [1.82, 2.24) is 5.32 Å². The molecule has 0 heterocycles. The summed E-state index contributed by atoms with van der Waals surface area (Å²) in [6.07, 6.45) is 5.87. The van der Waals surface area contributed by atoms with Crippen LogP contribution in [-0.4, -0.2) is 25.8 Å². The van der Waals surface area contributed by atoms with Crippen LogP contribution in [0.2, 0.25) is 0 Å².